The molecule has 0 saturated carbocycles. The van der Waals surface area contributed by atoms with Crippen LogP contribution in [0.5, 0.6) is 0 Å². The number of anilines is 1. The molecule has 0 unspecified atom stereocenters. The van der Waals surface area contributed by atoms with Gasteiger partial charge in [-0.3, -0.25) is 0 Å². The summed E-state index contributed by atoms with van der Waals surface area (Å²) in [6.45, 7) is 1.94. The summed E-state index contributed by atoms with van der Waals surface area (Å²) < 4.78 is 12.8. The van der Waals surface area contributed by atoms with E-state index in [1.807, 2.05) is 6.92 Å². The van der Waals surface area contributed by atoms with E-state index in [9.17, 15) is 4.39 Å². The summed E-state index contributed by atoms with van der Waals surface area (Å²) in [5, 5.41) is 2.99. The summed E-state index contributed by atoms with van der Waals surface area (Å²) in [4.78, 5) is 0. The molecule has 70 valence electrons. The Hall–Kier alpha value is -1.16. The molecule has 0 spiro atoms. The maximum Gasteiger partial charge on any atom is 0.168 e. The highest BCUT2D eigenvalue weighted by atomic mass is 32.1. The lowest BCUT2D eigenvalue weighted by molar-refractivity contribution is 0.626. The van der Waals surface area contributed by atoms with Crippen molar-refractivity contribution in [2.75, 3.05) is 5.32 Å². The van der Waals surface area contributed by atoms with Crippen molar-refractivity contribution in [2.24, 2.45) is 5.73 Å². The van der Waals surface area contributed by atoms with E-state index >= 15 is 0 Å². The molecule has 13 heavy (non-hydrogen) atoms. The predicted molar refractivity (Wildman–Crippen MR) is 56.2 cm³/mol. The van der Waals surface area contributed by atoms with Gasteiger partial charge in [-0.25, -0.2) is 4.39 Å². The van der Waals surface area contributed by atoms with Gasteiger partial charge in [0, 0.05) is 5.69 Å². The van der Waals surface area contributed by atoms with Gasteiger partial charge in [0.2, 0.25) is 0 Å². The van der Waals surface area contributed by atoms with Crippen molar-refractivity contribution in [3.05, 3.63) is 29.6 Å². The second kappa shape index (κ2) is 4.18. The van der Waals surface area contributed by atoms with Crippen LogP contribution in [0.25, 0.3) is 0 Å². The Labute approximate surface area is 81.9 Å². The second-order valence-corrected chi connectivity index (χ2v) is 3.08. The lowest BCUT2D eigenvalue weighted by Gasteiger charge is -2.08. The van der Waals surface area contributed by atoms with Gasteiger partial charge in [-0.05, 0) is 42.4 Å². The number of rotatable bonds is 2. The van der Waals surface area contributed by atoms with Crippen LogP contribution in [0.15, 0.2) is 18.2 Å². The van der Waals surface area contributed by atoms with Crippen LogP contribution >= 0.6 is 12.2 Å². The maximum atomic E-state index is 12.8. The quantitative estimate of drug-likeness (QED) is 0.714. The molecule has 0 radical (unpaired) electrons. The summed E-state index contributed by atoms with van der Waals surface area (Å²) >= 11 is 4.69. The minimum Gasteiger partial charge on any atom is -0.376 e. The first-order valence-corrected chi connectivity index (χ1v) is 4.39. The fourth-order valence-electron chi connectivity index (χ4n) is 1.11. The van der Waals surface area contributed by atoms with Crippen LogP contribution in [-0.2, 0) is 6.42 Å². The third kappa shape index (κ3) is 2.66. The zero-order chi connectivity index (χ0) is 9.84. The number of aryl methyl sites for hydroxylation is 1. The highest BCUT2D eigenvalue weighted by molar-refractivity contribution is 7.80. The van der Waals surface area contributed by atoms with Crippen molar-refractivity contribution in [3.63, 3.8) is 0 Å². The monoisotopic (exact) mass is 198 g/mol. The molecule has 4 heteroatoms. The minimum atomic E-state index is -0.245. The number of thiocarbonyl (C=S) groups is 1. The zero-order valence-electron chi connectivity index (χ0n) is 7.30. The number of hydrogen-bond acceptors (Lipinski definition) is 1. The van der Waals surface area contributed by atoms with E-state index < -0.39 is 0 Å². The Morgan fingerprint density at radius 2 is 2.31 bits per heavy atom. The standard InChI is InChI=1S/C9H11FN2S/c1-2-6-5-7(10)3-4-8(6)12-9(11)13/h3-5H,2H2,1H3,(H3,11,12,13). The molecule has 0 heterocycles. The number of halogens is 1. The van der Waals surface area contributed by atoms with Gasteiger partial charge in [0.1, 0.15) is 5.82 Å². The topological polar surface area (TPSA) is 38.0 Å². The van der Waals surface area contributed by atoms with Gasteiger partial charge in [-0.2, -0.15) is 0 Å². The molecule has 3 N–H and O–H groups in total. The molecule has 1 rings (SSSR count). The smallest absolute Gasteiger partial charge is 0.168 e. The van der Waals surface area contributed by atoms with Crippen molar-refractivity contribution >= 4 is 23.0 Å². The molecule has 0 aromatic heterocycles. The zero-order valence-corrected chi connectivity index (χ0v) is 8.12. The Morgan fingerprint density at radius 3 is 2.85 bits per heavy atom. The van der Waals surface area contributed by atoms with Crippen molar-refractivity contribution in [3.8, 4) is 0 Å². The Balaban J connectivity index is 2.99. The third-order valence-electron chi connectivity index (χ3n) is 1.71. The van der Waals surface area contributed by atoms with Gasteiger partial charge in [0.15, 0.2) is 5.11 Å². The van der Waals surface area contributed by atoms with Gasteiger partial charge in [-0.15, -0.1) is 0 Å². The first-order valence-electron chi connectivity index (χ1n) is 3.98. The largest absolute Gasteiger partial charge is 0.376 e. The lowest BCUT2D eigenvalue weighted by atomic mass is 10.1. The van der Waals surface area contributed by atoms with E-state index in [1.54, 1.807) is 6.07 Å². The van der Waals surface area contributed by atoms with E-state index in [2.05, 4.69) is 5.32 Å². The van der Waals surface area contributed by atoms with Gasteiger partial charge >= 0.3 is 0 Å². The molecule has 0 aliphatic rings. The van der Waals surface area contributed by atoms with E-state index in [0.29, 0.717) is 0 Å². The van der Waals surface area contributed by atoms with Crippen LogP contribution < -0.4 is 11.1 Å². The van der Waals surface area contributed by atoms with Crippen molar-refractivity contribution in [1.82, 2.24) is 0 Å². The van der Waals surface area contributed by atoms with Crippen LogP contribution in [0.2, 0.25) is 0 Å². The molecule has 0 aliphatic heterocycles. The number of nitrogens with one attached hydrogen (secondary N) is 1. The molecule has 0 atom stereocenters. The molecule has 0 saturated heterocycles. The lowest BCUT2D eigenvalue weighted by Crippen LogP contribution is -2.19. The van der Waals surface area contributed by atoms with Crippen molar-refractivity contribution in [2.45, 2.75) is 13.3 Å². The fourth-order valence-corrected chi connectivity index (χ4v) is 1.22. The maximum absolute atomic E-state index is 12.8. The molecule has 0 bridgehead atoms. The molecular formula is C9H11FN2S. The van der Waals surface area contributed by atoms with Crippen LogP contribution in [0.4, 0.5) is 10.1 Å². The van der Waals surface area contributed by atoms with Crippen LogP contribution in [-0.4, -0.2) is 5.11 Å². The first-order chi connectivity index (χ1) is 6.13. The van der Waals surface area contributed by atoms with E-state index in [4.69, 9.17) is 18.0 Å². The highest BCUT2D eigenvalue weighted by Crippen LogP contribution is 2.17. The normalized spacial score (nSPS) is 9.69. The minimum absolute atomic E-state index is 0.196. The van der Waals surface area contributed by atoms with Gasteiger partial charge in [0.25, 0.3) is 0 Å². The molecule has 2 nitrogen and oxygen atoms in total. The first kappa shape index (κ1) is 9.92. The van der Waals surface area contributed by atoms with Gasteiger partial charge in [0.05, 0.1) is 0 Å². The molecule has 0 fully saturated rings. The molecule has 1 aromatic carbocycles. The highest BCUT2D eigenvalue weighted by Gasteiger charge is 2.02. The molecule has 1 aromatic rings. The van der Waals surface area contributed by atoms with Crippen molar-refractivity contribution < 1.29 is 4.39 Å². The second-order valence-electron chi connectivity index (χ2n) is 2.64. The van der Waals surface area contributed by atoms with Crippen LogP contribution in [0.3, 0.4) is 0 Å². The summed E-state index contributed by atoms with van der Waals surface area (Å²) in [6, 6.07) is 4.48. The van der Waals surface area contributed by atoms with Gasteiger partial charge < -0.3 is 11.1 Å². The van der Waals surface area contributed by atoms with E-state index in [-0.39, 0.29) is 10.9 Å². The molecular weight excluding hydrogens is 187 g/mol. The fraction of sp³-hybridized carbons (Fsp3) is 0.222. The van der Waals surface area contributed by atoms with Crippen LogP contribution in [0.1, 0.15) is 12.5 Å². The van der Waals surface area contributed by atoms with E-state index in [1.165, 1.54) is 12.1 Å². The number of hydrogen-bond donors (Lipinski definition) is 2. The Kier molecular flexibility index (Phi) is 3.19. The van der Waals surface area contributed by atoms with Crippen LogP contribution in [0, 0.1) is 5.82 Å². The summed E-state index contributed by atoms with van der Waals surface area (Å²) in [5.41, 5.74) is 6.96. The summed E-state index contributed by atoms with van der Waals surface area (Å²) in [5.74, 6) is -0.245. The number of benzene rings is 1. The Morgan fingerprint density at radius 1 is 1.62 bits per heavy atom. The summed E-state index contributed by atoms with van der Waals surface area (Å²) in [6.07, 6.45) is 0.739. The average molecular weight is 198 g/mol. The molecule has 0 aliphatic carbocycles. The van der Waals surface area contributed by atoms with Gasteiger partial charge in [-0.1, -0.05) is 6.92 Å². The summed E-state index contributed by atoms with van der Waals surface area (Å²) in [7, 11) is 0. The number of nitrogens with two attached hydrogens (primary N) is 1. The average Bonchev–Trinajstić information content (AvgIpc) is 2.07. The third-order valence-corrected chi connectivity index (χ3v) is 1.81. The van der Waals surface area contributed by atoms with Crippen molar-refractivity contribution in [1.29, 1.82) is 0 Å². The van der Waals surface area contributed by atoms with E-state index in [0.717, 1.165) is 17.7 Å². The molecule has 0 amide bonds. The SMILES string of the molecule is CCc1cc(F)ccc1NC(N)=S. The predicted octanol–water partition coefficient (Wildman–Crippen LogP) is 2.04. The Bertz CT molecular complexity index is 325.